The number of carbonyl (C=O) groups is 4. The van der Waals surface area contributed by atoms with Gasteiger partial charge < -0.3 is 14.7 Å². The van der Waals surface area contributed by atoms with Gasteiger partial charge in [-0.2, -0.15) is 0 Å². The highest BCUT2D eigenvalue weighted by Gasteiger charge is 2.68. The van der Waals surface area contributed by atoms with E-state index in [-0.39, 0.29) is 41.1 Å². The van der Waals surface area contributed by atoms with Crippen LogP contribution in [0.1, 0.15) is 31.2 Å². The molecular formula is C37H32BrClFN3O6. The predicted molar refractivity (Wildman–Crippen MR) is 184 cm³/mol. The number of ether oxygens (including phenoxy) is 1. The SMILES string of the molecule is CC12C(=O)N(c3ccc(F)c(Cl)c3)C(=O)C1CC1C(=CCC3C(=O)N(c4ccc(N5CCOCC5)cc4)C(=O)C31)C2c1cc(Br)ccc1O. The molecule has 4 fully saturated rings. The van der Waals surface area contributed by atoms with Gasteiger partial charge >= 0.3 is 0 Å². The first-order valence-corrected chi connectivity index (χ1v) is 17.5. The first-order chi connectivity index (χ1) is 23.5. The van der Waals surface area contributed by atoms with Crippen LogP contribution < -0.4 is 14.7 Å². The minimum Gasteiger partial charge on any atom is -0.508 e. The second-order valence-corrected chi connectivity index (χ2v) is 14.9. The van der Waals surface area contributed by atoms with E-state index in [1.807, 2.05) is 18.2 Å². The summed E-state index contributed by atoms with van der Waals surface area (Å²) >= 11 is 9.59. The molecule has 3 heterocycles. The number of rotatable bonds is 4. The standard InChI is InChI=1S/C37H32BrClFN3O6/c1-37-27(34(46)43(36(37)48)22-7-10-29(40)28(39)17-22)18-25-23(32(37)26-16-19(38)2-11-30(26)44)8-9-24-31(25)35(47)42(33(24)45)21-5-3-20(4-6-21)41-12-14-49-15-13-41/h2-8,10-11,16-17,24-25,27,31-32,44H,9,12-15,18H2,1H3. The van der Waals surface area contributed by atoms with Gasteiger partial charge in [-0.1, -0.05) is 39.2 Å². The van der Waals surface area contributed by atoms with Gasteiger partial charge in [-0.15, -0.1) is 0 Å². The summed E-state index contributed by atoms with van der Waals surface area (Å²) in [6, 6.07) is 16.0. The maximum Gasteiger partial charge on any atom is 0.241 e. The van der Waals surface area contributed by atoms with Gasteiger partial charge in [0.1, 0.15) is 11.6 Å². The predicted octanol–water partition coefficient (Wildman–Crippen LogP) is 6.22. The Labute approximate surface area is 295 Å². The molecule has 3 aliphatic heterocycles. The largest absolute Gasteiger partial charge is 0.508 e. The summed E-state index contributed by atoms with van der Waals surface area (Å²) in [7, 11) is 0. The highest BCUT2D eigenvalue weighted by atomic mass is 79.9. The van der Waals surface area contributed by atoms with Gasteiger partial charge in [-0.05, 0) is 86.3 Å². The van der Waals surface area contributed by atoms with E-state index in [1.165, 1.54) is 23.1 Å². The lowest BCUT2D eigenvalue weighted by atomic mass is 9.51. The summed E-state index contributed by atoms with van der Waals surface area (Å²) in [5.41, 5.74) is 1.42. The lowest BCUT2D eigenvalue weighted by molar-refractivity contribution is -0.131. The number of fused-ring (bicyclic) bond motifs is 4. The zero-order chi connectivity index (χ0) is 34.4. The average Bonchev–Trinajstić information content (AvgIpc) is 3.47. The number of phenolic OH excluding ortho intramolecular Hbond substituents is 1. The quantitative estimate of drug-likeness (QED) is 0.250. The van der Waals surface area contributed by atoms with Crippen molar-refractivity contribution in [3.05, 3.63) is 93.2 Å². The fourth-order valence-electron chi connectivity index (χ4n) is 8.87. The van der Waals surface area contributed by atoms with E-state index in [4.69, 9.17) is 16.3 Å². The van der Waals surface area contributed by atoms with Crippen LogP contribution in [0.5, 0.6) is 5.75 Å². The van der Waals surface area contributed by atoms with Crippen molar-refractivity contribution in [1.82, 2.24) is 0 Å². The van der Waals surface area contributed by atoms with Crippen LogP contribution in [0.4, 0.5) is 21.5 Å². The Morgan fingerprint density at radius 1 is 0.878 bits per heavy atom. The number of aromatic hydroxyl groups is 1. The highest BCUT2D eigenvalue weighted by Crippen LogP contribution is 2.64. The molecule has 49 heavy (non-hydrogen) atoms. The third-order valence-electron chi connectivity index (χ3n) is 11.2. The molecule has 0 radical (unpaired) electrons. The molecule has 3 saturated heterocycles. The van der Waals surface area contributed by atoms with E-state index in [0.717, 1.165) is 35.3 Å². The van der Waals surface area contributed by atoms with Gasteiger partial charge in [0.25, 0.3) is 0 Å². The lowest BCUT2D eigenvalue weighted by Gasteiger charge is -2.49. The smallest absolute Gasteiger partial charge is 0.241 e. The van der Waals surface area contributed by atoms with Crippen LogP contribution in [0.2, 0.25) is 5.02 Å². The van der Waals surface area contributed by atoms with Gasteiger partial charge in [0.05, 0.1) is 52.8 Å². The van der Waals surface area contributed by atoms with Crippen molar-refractivity contribution in [1.29, 1.82) is 0 Å². The van der Waals surface area contributed by atoms with E-state index < -0.39 is 52.6 Å². The van der Waals surface area contributed by atoms with Crippen LogP contribution in [0, 0.1) is 34.9 Å². The molecule has 4 amide bonds. The van der Waals surface area contributed by atoms with Crippen LogP contribution in [-0.4, -0.2) is 55.0 Å². The number of anilines is 3. The van der Waals surface area contributed by atoms with Crippen molar-refractivity contribution in [2.24, 2.45) is 29.1 Å². The maximum atomic E-state index is 14.6. The molecule has 2 aliphatic carbocycles. The number of amides is 4. The van der Waals surface area contributed by atoms with Crippen LogP contribution in [0.3, 0.4) is 0 Å². The number of halogens is 3. The number of nitrogens with zero attached hydrogens (tertiary/aromatic N) is 3. The van der Waals surface area contributed by atoms with Crippen molar-refractivity contribution in [3.63, 3.8) is 0 Å². The number of hydrogen-bond donors (Lipinski definition) is 1. The molecule has 12 heteroatoms. The molecule has 6 atom stereocenters. The van der Waals surface area contributed by atoms with Gasteiger partial charge in [0.2, 0.25) is 23.6 Å². The van der Waals surface area contributed by atoms with Crippen molar-refractivity contribution in [3.8, 4) is 5.75 Å². The monoisotopic (exact) mass is 747 g/mol. The molecule has 5 aliphatic rings. The number of imide groups is 2. The van der Waals surface area contributed by atoms with E-state index in [0.29, 0.717) is 28.9 Å². The minimum absolute atomic E-state index is 0.0591. The molecule has 9 nitrogen and oxygen atoms in total. The Hall–Kier alpha value is -4.06. The van der Waals surface area contributed by atoms with Gasteiger partial charge in [-0.3, -0.25) is 24.1 Å². The van der Waals surface area contributed by atoms with Crippen molar-refractivity contribution in [2.75, 3.05) is 41.0 Å². The average molecular weight is 749 g/mol. The zero-order valence-corrected chi connectivity index (χ0v) is 28.8. The molecule has 0 spiro atoms. The van der Waals surface area contributed by atoms with Crippen LogP contribution in [0.25, 0.3) is 0 Å². The van der Waals surface area contributed by atoms with Crippen LogP contribution in [0.15, 0.2) is 76.8 Å². The third-order valence-corrected chi connectivity index (χ3v) is 12.0. The first-order valence-electron chi connectivity index (χ1n) is 16.3. The Bertz CT molecular complexity index is 1970. The molecule has 3 aromatic rings. The molecule has 1 N–H and O–H groups in total. The molecule has 3 aromatic carbocycles. The molecule has 8 rings (SSSR count). The lowest BCUT2D eigenvalue weighted by Crippen LogP contribution is -2.48. The summed E-state index contributed by atoms with van der Waals surface area (Å²) < 4.78 is 20.3. The number of morpholine rings is 1. The molecule has 252 valence electrons. The second-order valence-electron chi connectivity index (χ2n) is 13.6. The van der Waals surface area contributed by atoms with Crippen molar-refractivity contribution in [2.45, 2.75) is 25.7 Å². The fraction of sp³-hybridized carbons (Fsp3) is 0.351. The number of benzene rings is 3. The Kier molecular flexibility index (Phi) is 7.73. The Morgan fingerprint density at radius 2 is 1.57 bits per heavy atom. The number of hydrogen-bond acceptors (Lipinski definition) is 7. The van der Waals surface area contributed by atoms with Gasteiger partial charge in [-0.25, -0.2) is 9.29 Å². The summed E-state index contributed by atoms with van der Waals surface area (Å²) in [5, 5.41) is 11.0. The van der Waals surface area contributed by atoms with E-state index >= 15 is 0 Å². The Balaban J connectivity index is 1.20. The minimum atomic E-state index is -1.37. The molecule has 0 bridgehead atoms. The van der Waals surface area contributed by atoms with Gasteiger partial charge in [0, 0.05) is 34.7 Å². The Morgan fingerprint density at radius 3 is 2.29 bits per heavy atom. The highest BCUT2D eigenvalue weighted by molar-refractivity contribution is 9.10. The number of carbonyl (C=O) groups excluding carboxylic acids is 4. The zero-order valence-electron chi connectivity index (χ0n) is 26.4. The summed E-state index contributed by atoms with van der Waals surface area (Å²) in [5.74, 6) is -6.04. The number of allylic oxidation sites excluding steroid dienone is 2. The van der Waals surface area contributed by atoms with Crippen LogP contribution >= 0.6 is 27.5 Å². The number of phenols is 1. The first kappa shape index (κ1) is 32.2. The molecule has 0 aromatic heterocycles. The third kappa shape index (κ3) is 4.80. The summed E-state index contributed by atoms with van der Waals surface area (Å²) in [4.78, 5) is 61.8. The topological polar surface area (TPSA) is 107 Å². The van der Waals surface area contributed by atoms with E-state index in [1.54, 1.807) is 31.2 Å². The van der Waals surface area contributed by atoms with Crippen molar-refractivity contribution < 1.29 is 33.4 Å². The van der Waals surface area contributed by atoms with Gasteiger partial charge in [0.15, 0.2) is 0 Å². The second kappa shape index (κ2) is 11.8. The summed E-state index contributed by atoms with van der Waals surface area (Å²) in [6.07, 6.45) is 2.35. The molecule has 1 saturated carbocycles. The van der Waals surface area contributed by atoms with E-state index in [9.17, 15) is 28.7 Å². The fourth-order valence-corrected chi connectivity index (χ4v) is 9.43. The van der Waals surface area contributed by atoms with Crippen LogP contribution in [-0.2, 0) is 23.9 Å². The normalized spacial score (nSPS) is 29.6. The van der Waals surface area contributed by atoms with E-state index in [2.05, 4.69) is 20.8 Å². The molecule has 6 unspecified atom stereocenters. The molecular weight excluding hydrogens is 717 g/mol. The maximum absolute atomic E-state index is 14.6. The van der Waals surface area contributed by atoms with Crippen molar-refractivity contribution >= 4 is 68.2 Å². The summed E-state index contributed by atoms with van der Waals surface area (Å²) in [6.45, 7) is 4.49.